The van der Waals surface area contributed by atoms with Gasteiger partial charge in [-0.05, 0) is 30.9 Å². The summed E-state index contributed by atoms with van der Waals surface area (Å²) in [6, 6.07) is 7.16. The highest BCUT2D eigenvalue weighted by atomic mass is 16.1. The molecular weight excluding hydrogens is 324 g/mol. The number of benzene rings is 2. The summed E-state index contributed by atoms with van der Waals surface area (Å²) < 4.78 is 0. The molecule has 2 aromatic rings. The Morgan fingerprint density at radius 1 is 1.00 bits per heavy atom. The van der Waals surface area contributed by atoms with Crippen molar-refractivity contribution in [1.29, 1.82) is 0 Å². The van der Waals surface area contributed by atoms with Crippen LogP contribution in [0.4, 0.5) is 0 Å². The molecule has 1 aliphatic rings. The number of hydrogen-bond donors (Lipinski definition) is 0. The van der Waals surface area contributed by atoms with E-state index in [1.165, 1.54) is 5.57 Å². The Kier molecular flexibility index (Phi) is 4.90. The maximum atomic E-state index is 12.9. The summed E-state index contributed by atoms with van der Waals surface area (Å²) in [5.41, 5.74) is 5.09. The number of aldehydes is 1. The van der Waals surface area contributed by atoms with E-state index in [0.29, 0.717) is 28.5 Å². The molecule has 3 nitrogen and oxygen atoms in total. The molecule has 0 N–H and O–H groups in total. The van der Waals surface area contributed by atoms with Gasteiger partial charge < -0.3 is 0 Å². The van der Waals surface area contributed by atoms with Crippen LogP contribution >= 0.6 is 0 Å². The molecule has 0 aromatic heterocycles. The summed E-state index contributed by atoms with van der Waals surface area (Å²) >= 11 is 0. The molecule has 26 heavy (non-hydrogen) atoms. The van der Waals surface area contributed by atoms with Crippen molar-refractivity contribution in [1.82, 2.24) is 0 Å². The van der Waals surface area contributed by atoms with Gasteiger partial charge in [0.1, 0.15) is 0 Å². The van der Waals surface area contributed by atoms with Crippen molar-refractivity contribution >= 4 is 34.2 Å². The molecule has 0 bridgehead atoms. The molecule has 1 fully saturated rings. The second-order valence-corrected chi connectivity index (χ2v) is 7.26. The molecule has 0 amide bonds. The third-order valence-corrected chi connectivity index (χ3v) is 5.17. The summed E-state index contributed by atoms with van der Waals surface area (Å²) in [7, 11) is 0. The van der Waals surface area contributed by atoms with Gasteiger partial charge in [0.2, 0.25) is 0 Å². The lowest BCUT2D eigenvalue weighted by molar-refractivity contribution is 0.0938. The molecule has 1 saturated carbocycles. The van der Waals surface area contributed by atoms with E-state index in [0.717, 1.165) is 35.7 Å². The minimum absolute atomic E-state index is 0.0180. The Morgan fingerprint density at radius 3 is 2.15 bits per heavy atom. The van der Waals surface area contributed by atoms with Crippen molar-refractivity contribution in [3.63, 3.8) is 0 Å². The maximum Gasteiger partial charge on any atom is 0.166 e. The van der Waals surface area contributed by atoms with Crippen molar-refractivity contribution in [2.24, 2.45) is 5.92 Å². The van der Waals surface area contributed by atoms with Gasteiger partial charge >= 0.3 is 0 Å². The lowest BCUT2D eigenvalue weighted by atomic mass is 9.85. The Bertz CT molecular complexity index is 955. The zero-order valence-electron chi connectivity index (χ0n) is 15.8. The first-order chi connectivity index (χ1) is 12.4. The lowest BCUT2D eigenvalue weighted by Crippen LogP contribution is -2.11. The minimum atomic E-state index is -0.160. The molecule has 2 aromatic carbocycles. The maximum absolute atomic E-state index is 12.9. The standard InChI is InChI=1S/C23H24O3/c1-5-20(25)18-10-11-19(23(26)13(2)3)22-17(14(4)15-6-7-15)9-8-16(12-24)21(18)22/h8-13H,5-7H2,1-4H3. The Morgan fingerprint density at radius 2 is 1.62 bits per heavy atom. The van der Waals surface area contributed by atoms with Gasteiger partial charge in [0.15, 0.2) is 17.9 Å². The second kappa shape index (κ2) is 6.99. The van der Waals surface area contributed by atoms with Crippen molar-refractivity contribution in [2.75, 3.05) is 0 Å². The average molecular weight is 348 g/mol. The van der Waals surface area contributed by atoms with E-state index >= 15 is 0 Å². The van der Waals surface area contributed by atoms with Crippen molar-refractivity contribution in [2.45, 2.75) is 47.0 Å². The third kappa shape index (κ3) is 3.03. The van der Waals surface area contributed by atoms with E-state index in [9.17, 15) is 14.4 Å². The van der Waals surface area contributed by atoms with Crippen molar-refractivity contribution < 1.29 is 14.4 Å². The van der Waals surface area contributed by atoms with Crippen LogP contribution in [0.25, 0.3) is 16.3 Å². The fourth-order valence-electron chi connectivity index (χ4n) is 3.50. The fraction of sp³-hybridized carbons (Fsp3) is 0.348. The molecule has 0 unspecified atom stereocenters. The van der Waals surface area contributed by atoms with Crippen LogP contribution in [0, 0.1) is 5.92 Å². The van der Waals surface area contributed by atoms with Crippen LogP contribution in [0.5, 0.6) is 0 Å². The first-order valence-electron chi connectivity index (χ1n) is 9.22. The average Bonchev–Trinajstić information content (AvgIpc) is 3.49. The van der Waals surface area contributed by atoms with E-state index in [1.807, 2.05) is 26.8 Å². The van der Waals surface area contributed by atoms with Crippen molar-refractivity contribution in [3.8, 4) is 0 Å². The Balaban J connectivity index is 2.49. The van der Waals surface area contributed by atoms with Gasteiger partial charge in [-0.1, -0.05) is 50.6 Å². The second-order valence-electron chi connectivity index (χ2n) is 7.26. The zero-order chi connectivity index (χ0) is 19.0. The molecule has 3 heteroatoms. The molecule has 0 saturated heterocycles. The van der Waals surface area contributed by atoms with Gasteiger partial charge in [-0.15, -0.1) is 0 Å². The van der Waals surface area contributed by atoms with Crippen LogP contribution in [0.1, 0.15) is 83.6 Å². The summed E-state index contributed by atoms with van der Waals surface area (Å²) in [6.45, 7) is 7.61. The van der Waals surface area contributed by atoms with Crippen molar-refractivity contribution in [3.05, 3.63) is 52.1 Å². The third-order valence-electron chi connectivity index (χ3n) is 5.17. The highest BCUT2D eigenvalue weighted by Gasteiger charge is 2.24. The predicted molar refractivity (Wildman–Crippen MR) is 105 cm³/mol. The van der Waals surface area contributed by atoms with Crippen LogP contribution in [-0.2, 0) is 0 Å². The SMILES string of the molecule is CCC(=O)c1ccc(C(=O)C(C)C)c2c(C(C)=C3CC3)ccc(C=O)c12. The number of ketones is 2. The number of carbonyl (C=O) groups excluding carboxylic acids is 3. The number of fused-ring (bicyclic) bond motifs is 1. The molecule has 3 rings (SSSR count). The molecule has 0 spiro atoms. The van der Waals surface area contributed by atoms with Crippen LogP contribution < -0.4 is 0 Å². The molecule has 1 aliphatic carbocycles. The van der Waals surface area contributed by atoms with Crippen LogP contribution in [-0.4, -0.2) is 17.9 Å². The van der Waals surface area contributed by atoms with Gasteiger partial charge in [0.25, 0.3) is 0 Å². The van der Waals surface area contributed by atoms with Gasteiger partial charge in [0, 0.05) is 39.8 Å². The smallest absolute Gasteiger partial charge is 0.166 e. The van der Waals surface area contributed by atoms with Crippen LogP contribution in [0.15, 0.2) is 29.8 Å². The van der Waals surface area contributed by atoms with Gasteiger partial charge in [-0.25, -0.2) is 0 Å². The fourth-order valence-corrected chi connectivity index (χ4v) is 3.50. The quantitative estimate of drug-likeness (QED) is 0.500. The summed E-state index contributed by atoms with van der Waals surface area (Å²) in [4.78, 5) is 37.1. The summed E-state index contributed by atoms with van der Waals surface area (Å²) in [6.07, 6.45) is 3.28. The van der Waals surface area contributed by atoms with Gasteiger partial charge in [-0.2, -0.15) is 0 Å². The predicted octanol–water partition coefficient (Wildman–Crippen LogP) is 5.65. The molecule has 0 radical (unpaired) electrons. The molecular formula is C23H24O3. The topological polar surface area (TPSA) is 51.2 Å². The Labute approximate surface area is 154 Å². The summed E-state index contributed by atoms with van der Waals surface area (Å²) in [5.74, 6) is -0.147. The van der Waals surface area contributed by atoms with Crippen LogP contribution in [0.3, 0.4) is 0 Å². The molecule has 0 heterocycles. The first kappa shape index (κ1) is 18.2. The number of rotatable bonds is 6. The van der Waals surface area contributed by atoms with E-state index in [4.69, 9.17) is 0 Å². The number of carbonyl (C=O) groups is 3. The minimum Gasteiger partial charge on any atom is -0.298 e. The largest absolute Gasteiger partial charge is 0.298 e. The monoisotopic (exact) mass is 348 g/mol. The van der Waals surface area contributed by atoms with E-state index in [2.05, 4.69) is 6.92 Å². The normalized spacial score (nSPS) is 13.2. The molecule has 0 atom stereocenters. The van der Waals surface area contributed by atoms with E-state index in [1.54, 1.807) is 18.2 Å². The van der Waals surface area contributed by atoms with Crippen LogP contribution in [0.2, 0.25) is 0 Å². The number of Topliss-reactive ketones (excluding diaryl/α,β-unsaturated/α-hetero) is 2. The van der Waals surface area contributed by atoms with Gasteiger partial charge in [-0.3, -0.25) is 14.4 Å². The zero-order valence-corrected chi connectivity index (χ0v) is 15.8. The lowest BCUT2D eigenvalue weighted by Gasteiger charge is -2.17. The first-order valence-corrected chi connectivity index (χ1v) is 9.22. The summed E-state index contributed by atoms with van der Waals surface area (Å²) in [5, 5.41) is 1.38. The van der Waals surface area contributed by atoms with E-state index < -0.39 is 0 Å². The highest BCUT2D eigenvalue weighted by Crippen LogP contribution is 2.41. The number of hydrogen-bond acceptors (Lipinski definition) is 3. The molecule has 0 aliphatic heterocycles. The highest BCUT2D eigenvalue weighted by molar-refractivity contribution is 6.21. The number of allylic oxidation sites excluding steroid dienone is 2. The van der Waals surface area contributed by atoms with E-state index in [-0.39, 0.29) is 17.5 Å². The van der Waals surface area contributed by atoms with Gasteiger partial charge in [0.05, 0.1) is 0 Å². The Hall–Kier alpha value is -2.55. The molecule has 134 valence electrons.